The van der Waals surface area contributed by atoms with Crippen LogP contribution in [-0.4, -0.2) is 4.57 Å². The van der Waals surface area contributed by atoms with Gasteiger partial charge in [-0.3, -0.25) is 4.57 Å². The van der Waals surface area contributed by atoms with Gasteiger partial charge in [0.2, 0.25) is 0 Å². The largest absolute Gasteiger partial charge is 0.419 e. The standard InChI is InChI=1S/C15H16INO2/c16-12-3-4-14-13(7-12)17(15(18)19-14)8-11-6-9-1-2-10(11)5-9/h3-4,7,9-11H,1-2,5-6,8H2. The average Bonchev–Trinajstić information content (AvgIpc) is 3.06. The third-order valence-electron chi connectivity index (χ3n) is 4.93. The zero-order chi connectivity index (χ0) is 13.0. The maximum atomic E-state index is 12.0. The molecule has 2 aliphatic carbocycles. The first-order valence-corrected chi connectivity index (χ1v) is 8.07. The van der Waals surface area contributed by atoms with E-state index in [1.54, 1.807) is 0 Å². The van der Waals surface area contributed by atoms with Gasteiger partial charge in [0.1, 0.15) is 0 Å². The Bertz CT molecular complexity index is 687. The third-order valence-corrected chi connectivity index (χ3v) is 5.60. The predicted molar refractivity (Wildman–Crippen MR) is 82.1 cm³/mol. The number of nitrogens with zero attached hydrogens (tertiary/aromatic N) is 1. The Morgan fingerprint density at radius 3 is 2.95 bits per heavy atom. The van der Waals surface area contributed by atoms with Crippen LogP contribution in [0.5, 0.6) is 0 Å². The van der Waals surface area contributed by atoms with E-state index in [0.717, 1.165) is 27.5 Å². The van der Waals surface area contributed by atoms with Crippen molar-refractivity contribution in [1.82, 2.24) is 4.57 Å². The lowest BCUT2D eigenvalue weighted by atomic mass is 9.89. The number of oxazole rings is 1. The summed E-state index contributed by atoms with van der Waals surface area (Å²) < 4.78 is 8.34. The van der Waals surface area contributed by atoms with Gasteiger partial charge in [-0.1, -0.05) is 6.42 Å². The third kappa shape index (κ3) is 1.95. The fourth-order valence-corrected chi connectivity index (χ4v) is 4.52. The van der Waals surface area contributed by atoms with Crippen LogP contribution in [-0.2, 0) is 6.54 Å². The van der Waals surface area contributed by atoms with Crippen LogP contribution in [0.25, 0.3) is 11.1 Å². The Kier molecular flexibility index (Phi) is 2.76. The molecule has 0 radical (unpaired) electrons. The minimum absolute atomic E-state index is 0.195. The Morgan fingerprint density at radius 1 is 1.32 bits per heavy atom. The summed E-state index contributed by atoms with van der Waals surface area (Å²) >= 11 is 2.28. The van der Waals surface area contributed by atoms with E-state index in [9.17, 15) is 4.79 Å². The van der Waals surface area contributed by atoms with Gasteiger partial charge >= 0.3 is 5.76 Å². The first-order chi connectivity index (χ1) is 9.20. The first kappa shape index (κ1) is 12.0. The lowest BCUT2D eigenvalue weighted by Crippen LogP contribution is -2.23. The number of hydrogen-bond acceptors (Lipinski definition) is 2. The fraction of sp³-hybridized carbons (Fsp3) is 0.533. The van der Waals surface area contributed by atoms with Crippen LogP contribution in [0, 0.1) is 21.3 Å². The van der Waals surface area contributed by atoms with Gasteiger partial charge < -0.3 is 4.42 Å². The molecule has 3 nitrogen and oxygen atoms in total. The van der Waals surface area contributed by atoms with Crippen molar-refractivity contribution in [3.05, 3.63) is 32.3 Å². The van der Waals surface area contributed by atoms with Gasteiger partial charge in [0.15, 0.2) is 5.58 Å². The number of rotatable bonds is 2. The number of halogens is 1. The first-order valence-electron chi connectivity index (χ1n) is 6.99. The van der Waals surface area contributed by atoms with Gasteiger partial charge in [-0.2, -0.15) is 0 Å². The van der Waals surface area contributed by atoms with Crippen molar-refractivity contribution in [2.45, 2.75) is 32.2 Å². The quantitative estimate of drug-likeness (QED) is 0.758. The smallest absolute Gasteiger partial charge is 0.408 e. The Balaban J connectivity index is 1.72. The van der Waals surface area contributed by atoms with Crippen molar-refractivity contribution < 1.29 is 4.42 Å². The molecule has 2 fully saturated rings. The Hall–Kier alpha value is -0.780. The number of benzene rings is 1. The maximum absolute atomic E-state index is 12.0. The van der Waals surface area contributed by atoms with Gasteiger partial charge in [-0.15, -0.1) is 0 Å². The van der Waals surface area contributed by atoms with Crippen LogP contribution < -0.4 is 5.76 Å². The van der Waals surface area contributed by atoms with Crippen molar-refractivity contribution in [2.75, 3.05) is 0 Å². The molecule has 0 amide bonds. The zero-order valence-electron chi connectivity index (χ0n) is 10.6. The summed E-state index contributed by atoms with van der Waals surface area (Å²) in [5, 5.41) is 0. The van der Waals surface area contributed by atoms with Crippen molar-refractivity contribution in [1.29, 1.82) is 0 Å². The molecule has 1 aromatic heterocycles. The highest BCUT2D eigenvalue weighted by Crippen LogP contribution is 2.48. The zero-order valence-corrected chi connectivity index (χ0v) is 12.8. The predicted octanol–water partition coefficient (Wildman–Crippen LogP) is 3.64. The summed E-state index contributed by atoms with van der Waals surface area (Å²) in [6.45, 7) is 0.840. The van der Waals surface area contributed by atoms with Crippen LogP contribution in [0.4, 0.5) is 0 Å². The van der Waals surface area contributed by atoms with E-state index in [1.807, 2.05) is 22.8 Å². The lowest BCUT2D eigenvalue weighted by Gasteiger charge is -2.21. The Labute approximate surface area is 125 Å². The molecule has 0 spiro atoms. The normalized spacial score (nSPS) is 29.4. The van der Waals surface area contributed by atoms with E-state index >= 15 is 0 Å². The molecule has 3 atom stereocenters. The van der Waals surface area contributed by atoms with Crippen LogP contribution >= 0.6 is 22.6 Å². The summed E-state index contributed by atoms with van der Waals surface area (Å²) in [6, 6.07) is 5.93. The minimum Gasteiger partial charge on any atom is -0.408 e. The van der Waals surface area contributed by atoms with E-state index in [1.165, 1.54) is 25.7 Å². The van der Waals surface area contributed by atoms with E-state index in [0.29, 0.717) is 11.5 Å². The molecule has 19 heavy (non-hydrogen) atoms. The van der Waals surface area contributed by atoms with Crippen molar-refractivity contribution in [2.24, 2.45) is 17.8 Å². The topological polar surface area (TPSA) is 35.1 Å². The van der Waals surface area contributed by atoms with Gasteiger partial charge in [0, 0.05) is 10.1 Å². The summed E-state index contributed by atoms with van der Waals surface area (Å²) in [6.07, 6.45) is 5.44. The van der Waals surface area contributed by atoms with Crippen molar-refractivity contribution in [3.63, 3.8) is 0 Å². The molecule has 2 saturated carbocycles. The molecule has 1 aromatic carbocycles. The fourth-order valence-electron chi connectivity index (χ4n) is 4.04. The molecule has 3 unspecified atom stereocenters. The summed E-state index contributed by atoms with van der Waals surface area (Å²) in [5.41, 5.74) is 1.67. The maximum Gasteiger partial charge on any atom is 0.419 e. The lowest BCUT2D eigenvalue weighted by molar-refractivity contribution is 0.290. The SMILES string of the molecule is O=c1oc2ccc(I)cc2n1CC1CC2CCC1C2. The highest BCUT2D eigenvalue weighted by molar-refractivity contribution is 14.1. The molecule has 1 heterocycles. The van der Waals surface area contributed by atoms with E-state index < -0.39 is 0 Å². The summed E-state index contributed by atoms with van der Waals surface area (Å²) in [4.78, 5) is 12.0. The molecule has 2 aromatic rings. The van der Waals surface area contributed by atoms with Crippen LogP contribution in [0.2, 0.25) is 0 Å². The van der Waals surface area contributed by atoms with Gasteiger partial charge in [0.25, 0.3) is 0 Å². The molecule has 2 aliphatic rings. The second-order valence-corrected chi connectivity index (χ2v) is 7.27. The van der Waals surface area contributed by atoms with Gasteiger partial charge in [-0.05, 0) is 77.8 Å². The van der Waals surface area contributed by atoms with Gasteiger partial charge in [-0.25, -0.2) is 4.79 Å². The molecule has 4 rings (SSSR count). The second-order valence-electron chi connectivity index (χ2n) is 6.03. The summed E-state index contributed by atoms with van der Waals surface area (Å²) in [7, 11) is 0. The van der Waals surface area contributed by atoms with Crippen molar-refractivity contribution >= 4 is 33.7 Å². The van der Waals surface area contributed by atoms with Crippen LogP contribution in [0.3, 0.4) is 0 Å². The number of aromatic nitrogens is 1. The van der Waals surface area contributed by atoms with Gasteiger partial charge in [0.05, 0.1) is 5.52 Å². The van der Waals surface area contributed by atoms with E-state index in [4.69, 9.17) is 4.42 Å². The van der Waals surface area contributed by atoms with Crippen LogP contribution in [0.15, 0.2) is 27.4 Å². The minimum atomic E-state index is -0.195. The van der Waals surface area contributed by atoms with Crippen LogP contribution in [0.1, 0.15) is 25.7 Å². The molecule has 2 bridgehead atoms. The molecule has 100 valence electrons. The monoisotopic (exact) mass is 369 g/mol. The van der Waals surface area contributed by atoms with E-state index in [-0.39, 0.29) is 5.76 Å². The molecule has 4 heteroatoms. The number of fused-ring (bicyclic) bond motifs is 3. The number of hydrogen-bond donors (Lipinski definition) is 0. The van der Waals surface area contributed by atoms with Crippen molar-refractivity contribution in [3.8, 4) is 0 Å². The molecular weight excluding hydrogens is 353 g/mol. The average molecular weight is 369 g/mol. The summed E-state index contributed by atoms with van der Waals surface area (Å²) in [5.74, 6) is 2.24. The Morgan fingerprint density at radius 2 is 2.21 bits per heavy atom. The highest BCUT2D eigenvalue weighted by atomic mass is 127. The molecule has 0 N–H and O–H groups in total. The molecule has 0 saturated heterocycles. The van der Waals surface area contributed by atoms with E-state index in [2.05, 4.69) is 22.6 Å². The highest BCUT2D eigenvalue weighted by Gasteiger charge is 2.39. The molecule has 0 aliphatic heterocycles. The second kappa shape index (κ2) is 4.36. The molecular formula is C15H16INO2.